The summed E-state index contributed by atoms with van der Waals surface area (Å²) in [6.07, 6.45) is 2.99. The third-order valence-corrected chi connectivity index (χ3v) is 3.20. The van der Waals surface area contributed by atoms with Crippen molar-refractivity contribution < 1.29 is 9.13 Å². The number of hydrogen-bond acceptors (Lipinski definition) is 2. The van der Waals surface area contributed by atoms with Crippen LogP contribution >= 0.6 is 0 Å². The van der Waals surface area contributed by atoms with E-state index in [1.54, 1.807) is 12.1 Å². The fourth-order valence-electron chi connectivity index (χ4n) is 2.60. The molecule has 1 aromatic rings. The maximum absolute atomic E-state index is 13.1. The largest absolute Gasteiger partial charge is 0.490 e. The predicted molar refractivity (Wildman–Crippen MR) is 66.6 cm³/mol. The Bertz CT molecular complexity index is 392. The minimum Gasteiger partial charge on any atom is -0.490 e. The number of fused-ring (bicyclic) bond motifs is 1. The molecule has 1 aliphatic rings. The number of benzene rings is 1. The maximum atomic E-state index is 13.1. The second-order valence-corrected chi connectivity index (χ2v) is 5.25. The molecule has 3 atom stereocenters. The Morgan fingerprint density at radius 1 is 1.47 bits per heavy atom. The van der Waals surface area contributed by atoms with Crippen molar-refractivity contribution >= 4 is 0 Å². The van der Waals surface area contributed by atoms with Gasteiger partial charge in [0.2, 0.25) is 0 Å². The summed E-state index contributed by atoms with van der Waals surface area (Å²) in [5, 5.41) is 0. The highest BCUT2D eigenvalue weighted by Crippen LogP contribution is 2.32. The van der Waals surface area contributed by atoms with E-state index >= 15 is 0 Å². The second kappa shape index (κ2) is 5.05. The van der Waals surface area contributed by atoms with Crippen LogP contribution in [0.25, 0.3) is 0 Å². The molecule has 0 aliphatic carbocycles. The molecule has 0 saturated heterocycles. The molecular formula is C14H20FNO. The number of rotatable bonds is 4. The van der Waals surface area contributed by atoms with Gasteiger partial charge in [0.15, 0.2) is 0 Å². The third-order valence-electron chi connectivity index (χ3n) is 3.20. The molecule has 3 unspecified atom stereocenters. The molecule has 0 amide bonds. The Morgan fingerprint density at radius 3 is 2.94 bits per heavy atom. The lowest BCUT2D eigenvalue weighted by molar-refractivity contribution is 0.193. The number of hydrogen-bond donors (Lipinski definition) is 1. The topological polar surface area (TPSA) is 35.2 Å². The minimum atomic E-state index is -0.184. The molecule has 0 aromatic heterocycles. The molecule has 0 spiro atoms. The van der Waals surface area contributed by atoms with Crippen LogP contribution in [0, 0.1) is 11.7 Å². The van der Waals surface area contributed by atoms with Crippen molar-refractivity contribution in [2.45, 2.75) is 45.3 Å². The van der Waals surface area contributed by atoms with Gasteiger partial charge in [0.25, 0.3) is 0 Å². The smallest absolute Gasteiger partial charge is 0.123 e. The summed E-state index contributed by atoms with van der Waals surface area (Å²) in [5.74, 6) is 1.19. The van der Waals surface area contributed by atoms with E-state index in [4.69, 9.17) is 10.5 Å². The standard InChI is InChI=1S/C14H20FNO/c1-9(5-10(2)16)6-13-8-11-7-12(15)3-4-14(11)17-13/h3-4,7,9-10,13H,5-6,8,16H2,1-2H3. The lowest BCUT2D eigenvalue weighted by atomic mass is 9.95. The Hall–Kier alpha value is -1.09. The Morgan fingerprint density at radius 2 is 2.24 bits per heavy atom. The van der Waals surface area contributed by atoms with Crippen molar-refractivity contribution in [2.24, 2.45) is 11.7 Å². The monoisotopic (exact) mass is 237 g/mol. The van der Waals surface area contributed by atoms with E-state index in [1.807, 2.05) is 6.92 Å². The van der Waals surface area contributed by atoms with Gasteiger partial charge < -0.3 is 10.5 Å². The van der Waals surface area contributed by atoms with Crippen molar-refractivity contribution in [2.75, 3.05) is 0 Å². The van der Waals surface area contributed by atoms with Gasteiger partial charge in [-0.15, -0.1) is 0 Å². The van der Waals surface area contributed by atoms with Gasteiger partial charge in [0, 0.05) is 18.0 Å². The summed E-state index contributed by atoms with van der Waals surface area (Å²) < 4.78 is 18.9. The molecule has 0 bridgehead atoms. The fraction of sp³-hybridized carbons (Fsp3) is 0.571. The van der Waals surface area contributed by atoms with Gasteiger partial charge in [0.1, 0.15) is 17.7 Å². The van der Waals surface area contributed by atoms with Gasteiger partial charge >= 0.3 is 0 Å². The first-order chi connectivity index (χ1) is 8.04. The van der Waals surface area contributed by atoms with Crippen molar-refractivity contribution in [3.8, 4) is 5.75 Å². The second-order valence-electron chi connectivity index (χ2n) is 5.25. The highest BCUT2D eigenvalue weighted by atomic mass is 19.1. The van der Waals surface area contributed by atoms with E-state index in [9.17, 15) is 4.39 Å². The van der Waals surface area contributed by atoms with E-state index in [0.717, 1.165) is 30.6 Å². The molecule has 0 radical (unpaired) electrons. The third kappa shape index (κ3) is 3.19. The summed E-state index contributed by atoms with van der Waals surface area (Å²) in [4.78, 5) is 0. The van der Waals surface area contributed by atoms with E-state index < -0.39 is 0 Å². The normalized spacial score (nSPS) is 21.8. The van der Waals surface area contributed by atoms with Crippen molar-refractivity contribution in [1.82, 2.24) is 0 Å². The summed E-state index contributed by atoms with van der Waals surface area (Å²) in [6, 6.07) is 4.98. The quantitative estimate of drug-likeness (QED) is 0.874. The molecule has 2 nitrogen and oxygen atoms in total. The summed E-state index contributed by atoms with van der Waals surface area (Å²) in [6.45, 7) is 4.21. The van der Waals surface area contributed by atoms with Gasteiger partial charge in [-0.05, 0) is 43.9 Å². The molecular weight excluding hydrogens is 217 g/mol. The molecule has 3 heteroatoms. The first-order valence-corrected chi connectivity index (χ1v) is 6.25. The molecule has 0 saturated carbocycles. The molecule has 1 heterocycles. The fourth-order valence-corrected chi connectivity index (χ4v) is 2.60. The Kier molecular flexibility index (Phi) is 3.67. The van der Waals surface area contributed by atoms with Gasteiger partial charge in [-0.2, -0.15) is 0 Å². The lowest BCUT2D eigenvalue weighted by Crippen LogP contribution is -2.23. The molecule has 1 aromatic carbocycles. The zero-order valence-electron chi connectivity index (χ0n) is 10.4. The van der Waals surface area contributed by atoms with Crippen LogP contribution in [0.2, 0.25) is 0 Å². The van der Waals surface area contributed by atoms with Crippen LogP contribution < -0.4 is 10.5 Å². The van der Waals surface area contributed by atoms with E-state index in [-0.39, 0.29) is 18.0 Å². The molecule has 0 fully saturated rings. The van der Waals surface area contributed by atoms with Gasteiger partial charge in [-0.1, -0.05) is 6.92 Å². The van der Waals surface area contributed by atoms with Crippen LogP contribution in [-0.4, -0.2) is 12.1 Å². The zero-order valence-corrected chi connectivity index (χ0v) is 10.4. The molecule has 1 aliphatic heterocycles. The minimum absolute atomic E-state index is 0.181. The van der Waals surface area contributed by atoms with Gasteiger partial charge in [-0.3, -0.25) is 0 Å². The molecule has 94 valence electrons. The van der Waals surface area contributed by atoms with Crippen LogP contribution in [-0.2, 0) is 6.42 Å². The van der Waals surface area contributed by atoms with E-state index in [2.05, 4.69) is 6.92 Å². The highest BCUT2D eigenvalue weighted by Gasteiger charge is 2.25. The van der Waals surface area contributed by atoms with Crippen molar-refractivity contribution in [3.63, 3.8) is 0 Å². The van der Waals surface area contributed by atoms with Gasteiger partial charge in [-0.25, -0.2) is 4.39 Å². The lowest BCUT2D eigenvalue weighted by Gasteiger charge is -2.18. The van der Waals surface area contributed by atoms with Crippen LogP contribution in [0.4, 0.5) is 4.39 Å². The van der Waals surface area contributed by atoms with Crippen molar-refractivity contribution in [1.29, 1.82) is 0 Å². The van der Waals surface area contributed by atoms with Crippen LogP contribution in [0.5, 0.6) is 5.75 Å². The Balaban J connectivity index is 1.92. The predicted octanol–water partition coefficient (Wildman–Crippen LogP) is 2.89. The van der Waals surface area contributed by atoms with E-state index in [1.165, 1.54) is 6.07 Å². The average Bonchev–Trinajstić information content (AvgIpc) is 2.57. The number of nitrogens with two attached hydrogens (primary N) is 1. The molecule has 2 N–H and O–H groups in total. The average molecular weight is 237 g/mol. The summed E-state index contributed by atoms with van der Waals surface area (Å²) >= 11 is 0. The molecule has 17 heavy (non-hydrogen) atoms. The SMILES string of the molecule is CC(N)CC(C)CC1Cc2cc(F)ccc2O1. The maximum Gasteiger partial charge on any atom is 0.123 e. The van der Waals surface area contributed by atoms with Crippen LogP contribution in [0.15, 0.2) is 18.2 Å². The van der Waals surface area contributed by atoms with Crippen molar-refractivity contribution in [3.05, 3.63) is 29.6 Å². The van der Waals surface area contributed by atoms with Crippen LogP contribution in [0.1, 0.15) is 32.3 Å². The summed E-state index contributed by atoms with van der Waals surface area (Å²) in [7, 11) is 0. The first-order valence-electron chi connectivity index (χ1n) is 6.25. The highest BCUT2D eigenvalue weighted by molar-refractivity contribution is 5.37. The van der Waals surface area contributed by atoms with Crippen LogP contribution in [0.3, 0.4) is 0 Å². The molecule has 2 rings (SSSR count). The zero-order chi connectivity index (χ0) is 12.4. The van der Waals surface area contributed by atoms with Gasteiger partial charge in [0.05, 0.1) is 0 Å². The summed E-state index contributed by atoms with van der Waals surface area (Å²) in [5.41, 5.74) is 6.77. The number of ether oxygens (including phenoxy) is 1. The number of halogens is 1. The van der Waals surface area contributed by atoms with E-state index in [0.29, 0.717) is 5.92 Å². The first kappa shape index (κ1) is 12.4. The Labute approximate surface area is 102 Å².